The summed E-state index contributed by atoms with van der Waals surface area (Å²) in [4.78, 5) is 0. The van der Waals surface area contributed by atoms with Crippen molar-refractivity contribution >= 4 is 0 Å². The molecule has 3 nitrogen and oxygen atoms in total. The van der Waals surface area contributed by atoms with Crippen molar-refractivity contribution in [2.75, 3.05) is 0 Å². The Labute approximate surface area is 119 Å². The van der Waals surface area contributed by atoms with Gasteiger partial charge in [-0.2, -0.15) is 0 Å². The van der Waals surface area contributed by atoms with E-state index in [-0.39, 0.29) is 11.3 Å². The number of phenols is 1. The van der Waals surface area contributed by atoms with Gasteiger partial charge in [0, 0.05) is 0 Å². The van der Waals surface area contributed by atoms with Crippen molar-refractivity contribution in [1.82, 2.24) is 0 Å². The van der Waals surface area contributed by atoms with Crippen molar-refractivity contribution in [3.63, 3.8) is 0 Å². The predicted molar refractivity (Wildman–Crippen MR) is 69.9 cm³/mol. The first kappa shape index (κ1) is 15.2. The van der Waals surface area contributed by atoms with E-state index < -0.39 is 17.7 Å². The van der Waals surface area contributed by atoms with Crippen LogP contribution in [0, 0.1) is 0 Å². The second-order valence-corrected chi connectivity index (χ2v) is 4.69. The van der Waals surface area contributed by atoms with Crippen LogP contribution in [-0.2, 0) is 5.60 Å². The zero-order valence-corrected chi connectivity index (χ0v) is 11.1. The first-order valence-corrected chi connectivity index (χ1v) is 6.07. The maximum Gasteiger partial charge on any atom is 0.573 e. The summed E-state index contributed by atoms with van der Waals surface area (Å²) in [6.45, 7) is 1.45. The highest BCUT2D eigenvalue weighted by molar-refractivity contribution is 5.40. The van der Waals surface area contributed by atoms with E-state index in [1.54, 1.807) is 0 Å². The molecule has 1 unspecified atom stereocenters. The van der Waals surface area contributed by atoms with Gasteiger partial charge < -0.3 is 14.9 Å². The van der Waals surface area contributed by atoms with Crippen LogP contribution in [-0.4, -0.2) is 16.6 Å². The van der Waals surface area contributed by atoms with Gasteiger partial charge in [-0.3, -0.25) is 0 Å². The fraction of sp³-hybridized carbons (Fsp3) is 0.200. The Morgan fingerprint density at radius 3 is 2.14 bits per heavy atom. The molecule has 1 atom stereocenters. The van der Waals surface area contributed by atoms with Gasteiger partial charge in [0.05, 0.1) is 0 Å². The van der Waals surface area contributed by atoms with E-state index in [9.17, 15) is 23.4 Å². The van der Waals surface area contributed by atoms with Crippen LogP contribution in [0.3, 0.4) is 0 Å². The highest BCUT2D eigenvalue weighted by Crippen LogP contribution is 2.33. The van der Waals surface area contributed by atoms with Gasteiger partial charge in [0.25, 0.3) is 0 Å². The van der Waals surface area contributed by atoms with Crippen molar-refractivity contribution in [2.45, 2.75) is 18.9 Å². The molecule has 0 heterocycles. The van der Waals surface area contributed by atoms with E-state index in [0.717, 1.165) is 12.1 Å². The lowest BCUT2D eigenvalue weighted by molar-refractivity contribution is -0.274. The summed E-state index contributed by atoms with van der Waals surface area (Å²) in [5.74, 6) is -0.372. The molecule has 0 radical (unpaired) electrons. The highest BCUT2D eigenvalue weighted by Gasteiger charge is 2.32. The summed E-state index contributed by atoms with van der Waals surface area (Å²) in [5, 5.41) is 19.8. The zero-order chi connectivity index (χ0) is 15.7. The molecule has 2 rings (SSSR count). The van der Waals surface area contributed by atoms with Crippen LogP contribution in [0.15, 0.2) is 48.5 Å². The number of rotatable bonds is 3. The molecule has 2 aromatic rings. The van der Waals surface area contributed by atoms with Gasteiger partial charge in [-0.15, -0.1) is 13.2 Å². The summed E-state index contributed by atoms with van der Waals surface area (Å²) in [7, 11) is 0. The van der Waals surface area contributed by atoms with Gasteiger partial charge in [-0.25, -0.2) is 0 Å². The van der Waals surface area contributed by atoms with Gasteiger partial charge >= 0.3 is 6.36 Å². The van der Waals surface area contributed by atoms with Crippen LogP contribution >= 0.6 is 0 Å². The van der Waals surface area contributed by atoms with E-state index >= 15 is 0 Å². The van der Waals surface area contributed by atoms with Crippen molar-refractivity contribution < 1.29 is 28.1 Å². The van der Waals surface area contributed by atoms with Crippen LogP contribution in [0.2, 0.25) is 0 Å². The summed E-state index contributed by atoms with van der Waals surface area (Å²) in [6, 6.07) is 10.9. The number of hydrogen-bond donors (Lipinski definition) is 2. The lowest BCUT2D eigenvalue weighted by Crippen LogP contribution is -2.23. The molecule has 21 heavy (non-hydrogen) atoms. The number of halogens is 3. The zero-order valence-electron chi connectivity index (χ0n) is 11.1. The van der Waals surface area contributed by atoms with Crippen LogP contribution in [0.25, 0.3) is 0 Å². The standard InChI is InChI=1S/C15H13F3O3/c1-14(20,10-5-7-12(19)8-6-10)11-3-2-4-13(9-11)21-15(16,17)18/h2-9,19-20H,1H3. The molecule has 0 aliphatic rings. The molecule has 0 saturated heterocycles. The minimum atomic E-state index is -4.79. The maximum atomic E-state index is 12.2. The van der Waals surface area contributed by atoms with Crippen molar-refractivity contribution in [3.8, 4) is 11.5 Å². The van der Waals surface area contributed by atoms with Crippen LogP contribution < -0.4 is 4.74 Å². The SMILES string of the molecule is CC(O)(c1ccc(O)cc1)c1cccc(OC(F)(F)F)c1. The van der Waals surface area contributed by atoms with Gasteiger partial charge in [0.1, 0.15) is 17.1 Å². The first-order chi connectivity index (χ1) is 9.68. The molecule has 0 amide bonds. The fourth-order valence-corrected chi connectivity index (χ4v) is 1.95. The van der Waals surface area contributed by atoms with Crippen LogP contribution in [0.1, 0.15) is 18.1 Å². The topological polar surface area (TPSA) is 49.7 Å². The number of ether oxygens (including phenoxy) is 1. The quantitative estimate of drug-likeness (QED) is 0.911. The summed E-state index contributed by atoms with van der Waals surface area (Å²) >= 11 is 0. The number of alkyl halides is 3. The summed E-state index contributed by atoms with van der Waals surface area (Å²) < 4.78 is 40.5. The lowest BCUT2D eigenvalue weighted by Gasteiger charge is -2.25. The average Bonchev–Trinajstić information content (AvgIpc) is 2.37. The molecule has 0 aliphatic heterocycles. The molecule has 2 aromatic carbocycles. The van der Waals surface area contributed by atoms with Crippen molar-refractivity contribution in [1.29, 1.82) is 0 Å². The largest absolute Gasteiger partial charge is 0.573 e. The molecule has 0 saturated carbocycles. The molecule has 0 aliphatic carbocycles. The Bertz CT molecular complexity index is 619. The Morgan fingerprint density at radius 1 is 0.952 bits per heavy atom. The fourth-order valence-electron chi connectivity index (χ4n) is 1.95. The third kappa shape index (κ3) is 3.66. The molecule has 112 valence electrons. The average molecular weight is 298 g/mol. The molecule has 6 heteroatoms. The first-order valence-electron chi connectivity index (χ1n) is 6.07. The number of phenolic OH excluding ortho intramolecular Hbond substituents is 1. The minimum absolute atomic E-state index is 0.0312. The molecule has 0 aromatic heterocycles. The van der Waals surface area contributed by atoms with Crippen LogP contribution in [0.5, 0.6) is 11.5 Å². The van der Waals surface area contributed by atoms with E-state index in [4.69, 9.17) is 0 Å². The number of aromatic hydroxyl groups is 1. The molecule has 0 spiro atoms. The third-order valence-corrected chi connectivity index (χ3v) is 3.06. The third-order valence-electron chi connectivity index (χ3n) is 3.06. The van der Waals surface area contributed by atoms with Crippen LogP contribution in [0.4, 0.5) is 13.2 Å². The van der Waals surface area contributed by atoms with Crippen molar-refractivity contribution in [3.05, 3.63) is 59.7 Å². The Kier molecular flexibility index (Phi) is 3.82. The molecule has 0 fully saturated rings. The highest BCUT2D eigenvalue weighted by atomic mass is 19.4. The molecule has 0 bridgehead atoms. The minimum Gasteiger partial charge on any atom is -0.508 e. The molecular weight excluding hydrogens is 285 g/mol. The Balaban J connectivity index is 2.36. The van der Waals surface area contributed by atoms with Crippen molar-refractivity contribution in [2.24, 2.45) is 0 Å². The second-order valence-electron chi connectivity index (χ2n) is 4.69. The predicted octanol–water partition coefficient (Wildman–Crippen LogP) is 3.55. The van der Waals surface area contributed by atoms with Gasteiger partial charge in [-0.1, -0.05) is 24.3 Å². The smallest absolute Gasteiger partial charge is 0.508 e. The summed E-state index contributed by atoms with van der Waals surface area (Å²) in [6.07, 6.45) is -4.79. The van der Waals surface area contributed by atoms with E-state index in [2.05, 4.69) is 4.74 Å². The Hall–Kier alpha value is -2.21. The summed E-state index contributed by atoms with van der Waals surface area (Å²) in [5.41, 5.74) is -0.835. The number of benzene rings is 2. The lowest BCUT2D eigenvalue weighted by atomic mass is 9.88. The Morgan fingerprint density at radius 2 is 1.57 bits per heavy atom. The monoisotopic (exact) mass is 298 g/mol. The van der Waals surface area contributed by atoms with Gasteiger partial charge in [0.15, 0.2) is 0 Å². The second kappa shape index (κ2) is 5.29. The normalized spacial score (nSPS) is 14.5. The van der Waals surface area contributed by atoms with E-state index in [1.165, 1.54) is 43.3 Å². The molecule has 2 N–H and O–H groups in total. The molecular formula is C15H13F3O3. The number of aliphatic hydroxyl groups is 1. The van der Waals surface area contributed by atoms with E-state index in [1.807, 2.05) is 0 Å². The van der Waals surface area contributed by atoms with Gasteiger partial charge in [-0.05, 0) is 42.3 Å². The van der Waals surface area contributed by atoms with E-state index in [0.29, 0.717) is 5.56 Å². The number of hydrogen-bond acceptors (Lipinski definition) is 3. The van der Waals surface area contributed by atoms with Gasteiger partial charge in [0.2, 0.25) is 0 Å². The maximum absolute atomic E-state index is 12.2.